The molecule has 0 fully saturated rings. The molecule has 1 aromatic heterocycles. The van der Waals surface area contributed by atoms with Crippen LogP contribution in [0.2, 0.25) is 5.15 Å². The first kappa shape index (κ1) is 8.00. The van der Waals surface area contributed by atoms with Crippen LogP contribution in [0.3, 0.4) is 0 Å². The van der Waals surface area contributed by atoms with Gasteiger partial charge in [-0.15, -0.1) is 10.2 Å². The highest BCUT2D eigenvalue weighted by Crippen LogP contribution is 2.18. The van der Waals surface area contributed by atoms with Crippen molar-refractivity contribution in [2.75, 3.05) is 7.11 Å². The van der Waals surface area contributed by atoms with Gasteiger partial charge in [-0.25, -0.2) is 0 Å². The van der Waals surface area contributed by atoms with Crippen LogP contribution in [-0.4, -0.2) is 17.3 Å². The van der Waals surface area contributed by atoms with E-state index in [1.54, 1.807) is 13.2 Å². The third kappa shape index (κ3) is 1.69. The quantitative estimate of drug-likeness (QED) is 0.729. The number of rotatable bonds is 1. The molecule has 0 aliphatic heterocycles. The maximum absolute atomic E-state index is 5.54. The van der Waals surface area contributed by atoms with Crippen molar-refractivity contribution in [3.63, 3.8) is 0 Å². The first-order valence-electron chi connectivity index (χ1n) is 2.46. The second-order valence-electron chi connectivity index (χ2n) is 1.52. The zero-order valence-electron chi connectivity index (χ0n) is 5.14. The first-order valence-corrected chi connectivity index (χ1v) is 3.92. The molecule has 0 radical (unpaired) electrons. The summed E-state index contributed by atoms with van der Waals surface area (Å²) >= 11 is 7.61. The number of methoxy groups -OCH3 is 1. The zero-order chi connectivity index (χ0) is 7.56. The van der Waals surface area contributed by atoms with Gasteiger partial charge in [0.25, 0.3) is 0 Å². The highest BCUT2D eigenvalue weighted by atomic mass is 127. The van der Waals surface area contributed by atoms with E-state index in [2.05, 4.69) is 32.8 Å². The SMILES string of the molecule is COc1nnc(Cl)cc1I. The number of ether oxygens (including phenoxy) is 1. The molecule has 0 saturated heterocycles. The highest BCUT2D eigenvalue weighted by molar-refractivity contribution is 14.1. The Hall–Kier alpha value is -0.100. The summed E-state index contributed by atoms with van der Waals surface area (Å²) in [4.78, 5) is 0. The second-order valence-corrected chi connectivity index (χ2v) is 3.07. The van der Waals surface area contributed by atoms with Gasteiger partial charge in [-0.1, -0.05) is 11.6 Å². The van der Waals surface area contributed by atoms with E-state index in [1.807, 2.05) is 0 Å². The van der Waals surface area contributed by atoms with E-state index < -0.39 is 0 Å². The average Bonchev–Trinajstić information content (AvgIpc) is 1.88. The van der Waals surface area contributed by atoms with Crippen LogP contribution in [-0.2, 0) is 0 Å². The van der Waals surface area contributed by atoms with Crippen LogP contribution >= 0.6 is 34.2 Å². The van der Waals surface area contributed by atoms with E-state index >= 15 is 0 Å². The average molecular weight is 270 g/mol. The molecule has 0 spiro atoms. The largest absolute Gasteiger partial charge is 0.479 e. The van der Waals surface area contributed by atoms with Crippen LogP contribution < -0.4 is 4.74 Å². The molecule has 10 heavy (non-hydrogen) atoms. The maximum atomic E-state index is 5.54. The van der Waals surface area contributed by atoms with Gasteiger partial charge in [0.05, 0.1) is 10.7 Å². The van der Waals surface area contributed by atoms with Gasteiger partial charge in [0, 0.05) is 0 Å². The monoisotopic (exact) mass is 270 g/mol. The van der Waals surface area contributed by atoms with Crippen LogP contribution in [0.5, 0.6) is 5.88 Å². The Labute approximate surface area is 76.9 Å². The molecule has 1 heterocycles. The van der Waals surface area contributed by atoms with E-state index in [1.165, 1.54) is 0 Å². The summed E-state index contributed by atoms with van der Waals surface area (Å²) in [6.07, 6.45) is 0. The van der Waals surface area contributed by atoms with Crippen molar-refractivity contribution in [2.24, 2.45) is 0 Å². The lowest BCUT2D eigenvalue weighted by atomic mass is 10.6. The molecule has 0 atom stereocenters. The molecule has 0 unspecified atom stereocenters. The molecule has 1 aromatic rings. The molecule has 0 saturated carbocycles. The molecule has 0 aliphatic carbocycles. The Bertz CT molecular complexity index is 243. The minimum absolute atomic E-state index is 0.380. The van der Waals surface area contributed by atoms with Crippen LogP contribution in [0.4, 0.5) is 0 Å². The lowest BCUT2D eigenvalue weighted by molar-refractivity contribution is 0.388. The Morgan fingerprint density at radius 1 is 1.60 bits per heavy atom. The van der Waals surface area contributed by atoms with Gasteiger partial charge in [-0.2, -0.15) is 0 Å². The van der Waals surface area contributed by atoms with E-state index in [-0.39, 0.29) is 0 Å². The normalized spacial score (nSPS) is 9.50. The summed E-state index contributed by atoms with van der Waals surface area (Å²) in [6, 6.07) is 1.69. The maximum Gasteiger partial charge on any atom is 0.246 e. The van der Waals surface area contributed by atoms with Gasteiger partial charge in [-0.3, -0.25) is 0 Å². The Morgan fingerprint density at radius 3 is 2.80 bits per heavy atom. The van der Waals surface area contributed by atoms with Gasteiger partial charge >= 0.3 is 0 Å². The van der Waals surface area contributed by atoms with Crippen molar-refractivity contribution < 1.29 is 4.74 Å². The van der Waals surface area contributed by atoms with Crippen LogP contribution in [0.15, 0.2) is 6.07 Å². The van der Waals surface area contributed by atoms with Crippen molar-refractivity contribution in [2.45, 2.75) is 0 Å². The predicted octanol–water partition coefficient (Wildman–Crippen LogP) is 1.74. The molecule has 0 aliphatic rings. The second kappa shape index (κ2) is 3.34. The summed E-state index contributed by atoms with van der Waals surface area (Å²) in [5.74, 6) is 0.505. The number of hydrogen-bond donors (Lipinski definition) is 0. The number of aromatic nitrogens is 2. The highest BCUT2D eigenvalue weighted by Gasteiger charge is 2.01. The number of nitrogens with zero attached hydrogens (tertiary/aromatic N) is 2. The number of halogens is 2. The van der Waals surface area contributed by atoms with Crippen molar-refractivity contribution >= 4 is 34.2 Å². The fourth-order valence-electron chi connectivity index (χ4n) is 0.474. The van der Waals surface area contributed by atoms with Gasteiger partial charge in [-0.05, 0) is 28.7 Å². The van der Waals surface area contributed by atoms with Gasteiger partial charge in [0.2, 0.25) is 5.88 Å². The summed E-state index contributed by atoms with van der Waals surface area (Å²) < 4.78 is 5.72. The molecule has 0 aromatic carbocycles. The van der Waals surface area contributed by atoms with Crippen molar-refractivity contribution in [1.29, 1.82) is 0 Å². The topological polar surface area (TPSA) is 35.0 Å². The Morgan fingerprint density at radius 2 is 2.30 bits per heavy atom. The molecule has 0 amide bonds. The van der Waals surface area contributed by atoms with E-state index in [0.29, 0.717) is 11.0 Å². The van der Waals surface area contributed by atoms with E-state index in [4.69, 9.17) is 16.3 Å². The molecule has 5 heteroatoms. The smallest absolute Gasteiger partial charge is 0.246 e. The fraction of sp³-hybridized carbons (Fsp3) is 0.200. The van der Waals surface area contributed by atoms with Crippen LogP contribution in [0.1, 0.15) is 0 Å². The van der Waals surface area contributed by atoms with E-state index in [9.17, 15) is 0 Å². The van der Waals surface area contributed by atoms with Gasteiger partial charge < -0.3 is 4.74 Å². The van der Waals surface area contributed by atoms with E-state index in [0.717, 1.165) is 3.57 Å². The third-order valence-corrected chi connectivity index (χ3v) is 1.84. The van der Waals surface area contributed by atoms with Crippen molar-refractivity contribution in [3.05, 3.63) is 14.8 Å². The Kier molecular flexibility index (Phi) is 2.67. The zero-order valence-corrected chi connectivity index (χ0v) is 8.05. The Balaban J connectivity index is 3.07. The first-order chi connectivity index (χ1) is 4.74. The summed E-state index contributed by atoms with van der Waals surface area (Å²) in [6.45, 7) is 0. The summed E-state index contributed by atoms with van der Waals surface area (Å²) in [5.41, 5.74) is 0. The predicted molar refractivity (Wildman–Crippen MR) is 46.3 cm³/mol. The molecule has 3 nitrogen and oxygen atoms in total. The molecular formula is C5H4ClIN2O. The minimum Gasteiger partial charge on any atom is -0.479 e. The van der Waals surface area contributed by atoms with Gasteiger partial charge in [0.1, 0.15) is 0 Å². The third-order valence-electron chi connectivity index (χ3n) is 0.880. The number of hydrogen-bond acceptors (Lipinski definition) is 3. The van der Waals surface area contributed by atoms with Gasteiger partial charge in [0.15, 0.2) is 5.15 Å². The molecule has 54 valence electrons. The summed E-state index contributed by atoms with van der Waals surface area (Å²) in [7, 11) is 1.54. The molecule has 0 N–H and O–H groups in total. The van der Waals surface area contributed by atoms with Crippen LogP contribution in [0.25, 0.3) is 0 Å². The molecular weight excluding hydrogens is 266 g/mol. The minimum atomic E-state index is 0.380. The fourth-order valence-corrected chi connectivity index (χ4v) is 1.43. The summed E-state index contributed by atoms with van der Waals surface area (Å²) in [5, 5.41) is 7.66. The standard InChI is InChI=1S/C5H4ClIN2O/c1-10-5-3(7)2-4(6)8-9-5/h2H,1H3. The lowest BCUT2D eigenvalue weighted by Gasteiger charge is -1.98. The molecule has 0 bridgehead atoms. The lowest BCUT2D eigenvalue weighted by Crippen LogP contribution is -1.93. The molecule has 1 rings (SSSR count). The van der Waals surface area contributed by atoms with Crippen LogP contribution in [0, 0.1) is 3.57 Å². The van der Waals surface area contributed by atoms with Crippen molar-refractivity contribution in [3.8, 4) is 5.88 Å². The van der Waals surface area contributed by atoms with Crippen molar-refractivity contribution in [1.82, 2.24) is 10.2 Å².